The molecule has 2 N–H and O–H groups in total. The van der Waals surface area contributed by atoms with Gasteiger partial charge in [-0.2, -0.15) is 4.39 Å². The van der Waals surface area contributed by atoms with Gasteiger partial charge >= 0.3 is 0 Å². The molecule has 3 nitrogen and oxygen atoms in total. The molecule has 0 spiro atoms. The summed E-state index contributed by atoms with van der Waals surface area (Å²) in [6, 6.07) is 11.3. The minimum absolute atomic E-state index is 0.104. The van der Waals surface area contributed by atoms with Gasteiger partial charge in [0.15, 0.2) is 11.6 Å². The molecule has 0 aliphatic carbocycles. The topological polar surface area (TPSA) is 52.3 Å². The largest absolute Gasteiger partial charge is 0.486 e. The summed E-state index contributed by atoms with van der Waals surface area (Å²) in [4.78, 5) is 10.8. The second kappa shape index (κ2) is 5.48. The highest BCUT2D eigenvalue weighted by Crippen LogP contribution is 2.23. The molecule has 98 valence electrons. The van der Waals surface area contributed by atoms with Crippen LogP contribution in [0.5, 0.6) is 5.75 Å². The van der Waals surface area contributed by atoms with Crippen molar-refractivity contribution in [2.75, 3.05) is 0 Å². The number of primary amides is 1. The van der Waals surface area contributed by atoms with Gasteiger partial charge in [0.1, 0.15) is 6.61 Å². The van der Waals surface area contributed by atoms with E-state index < -0.39 is 23.1 Å². The van der Waals surface area contributed by atoms with Gasteiger partial charge < -0.3 is 10.5 Å². The lowest BCUT2D eigenvalue weighted by Crippen LogP contribution is -2.14. The molecular weight excluding hydrogens is 252 g/mol. The van der Waals surface area contributed by atoms with E-state index in [2.05, 4.69) is 0 Å². The first-order chi connectivity index (χ1) is 9.09. The van der Waals surface area contributed by atoms with E-state index in [9.17, 15) is 13.6 Å². The Morgan fingerprint density at radius 3 is 2.37 bits per heavy atom. The molecule has 1 amide bonds. The fraction of sp³-hybridized carbons (Fsp3) is 0.0714. The molecule has 2 aromatic rings. The average Bonchev–Trinajstić information content (AvgIpc) is 2.41. The van der Waals surface area contributed by atoms with E-state index in [-0.39, 0.29) is 12.4 Å². The van der Waals surface area contributed by atoms with Crippen LogP contribution in [-0.2, 0) is 6.61 Å². The Hall–Kier alpha value is -2.43. The standard InChI is InChI=1S/C14H11F2NO2/c15-12-10(14(17)18)6-7-11(13(12)16)19-8-9-4-2-1-3-5-9/h1-7H,8H2,(H2,17,18). The van der Waals surface area contributed by atoms with Crippen molar-refractivity contribution in [1.29, 1.82) is 0 Å². The predicted octanol–water partition coefficient (Wildman–Crippen LogP) is 2.64. The number of nitrogens with two attached hydrogens (primary N) is 1. The minimum atomic E-state index is -1.29. The van der Waals surface area contributed by atoms with E-state index in [1.807, 2.05) is 18.2 Å². The molecule has 0 heterocycles. The minimum Gasteiger partial charge on any atom is -0.486 e. The third-order valence-corrected chi connectivity index (χ3v) is 2.55. The molecule has 0 aliphatic heterocycles. The first-order valence-electron chi connectivity index (χ1n) is 5.54. The lowest BCUT2D eigenvalue weighted by atomic mass is 10.2. The van der Waals surface area contributed by atoms with Crippen molar-refractivity contribution in [1.82, 2.24) is 0 Å². The summed E-state index contributed by atoms with van der Waals surface area (Å²) in [6.07, 6.45) is 0. The lowest BCUT2D eigenvalue weighted by molar-refractivity contribution is 0.0995. The monoisotopic (exact) mass is 263 g/mol. The van der Waals surface area contributed by atoms with Crippen LogP contribution in [0.1, 0.15) is 15.9 Å². The Morgan fingerprint density at radius 1 is 1.05 bits per heavy atom. The highest BCUT2D eigenvalue weighted by Gasteiger charge is 2.17. The van der Waals surface area contributed by atoms with E-state index in [4.69, 9.17) is 10.5 Å². The van der Waals surface area contributed by atoms with E-state index in [0.717, 1.165) is 11.6 Å². The van der Waals surface area contributed by atoms with E-state index >= 15 is 0 Å². The Bertz CT molecular complexity index is 600. The van der Waals surface area contributed by atoms with Gasteiger partial charge in [-0.3, -0.25) is 4.79 Å². The van der Waals surface area contributed by atoms with E-state index in [1.54, 1.807) is 12.1 Å². The molecule has 0 aliphatic rings. The SMILES string of the molecule is NC(=O)c1ccc(OCc2ccccc2)c(F)c1F. The average molecular weight is 263 g/mol. The Kier molecular flexibility index (Phi) is 3.75. The molecule has 5 heteroatoms. The summed E-state index contributed by atoms with van der Waals surface area (Å²) in [5, 5.41) is 0. The summed E-state index contributed by atoms with van der Waals surface area (Å²) >= 11 is 0. The van der Waals surface area contributed by atoms with Crippen molar-refractivity contribution in [3.63, 3.8) is 0 Å². The van der Waals surface area contributed by atoms with Gasteiger partial charge in [-0.05, 0) is 17.7 Å². The third kappa shape index (κ3) is 2.88. The van der Waals surface area contributed by atoms with Crippen LogP contribution in [0.3, 0.4) is 0 Å². The van der Waals surface area contributed by atoms with Crippen LogP contribution in [0.4, 0.5) is 8.78 Å². The van der Waals surface area contributed by atoms with Gasteiger partial charge in [-0.25, -0.2) is 4.39 Å². The predicted molar refractivity (Wildman–Crippen MR) is 65.6 cm³/mol. The molecule has 0 radical (unpaired) electrons. The molecule has 2 aromatic carbocycles. The van der Waals surface area contributed by atoms with Gasteiger partial charge in [0.2, 0.25) is 5.82 Å². The van der Waals surface area contributed by atoms with Crippen LogP contribution in [0.25, 0.3) is 0 Å². The summed E-state index contributed by atoms with van der Waals surface area (Å²) in [7, 11) is 0. The first kappa shape index (κ1) is 13.0. The number of amides is 1. The molecule has 0 bridgehead atoms. The molecule has 2 rings (SSSR count). The maximum atomic E-state index is 13.6. The van der Waals surface area contributed by atoms with Gasteiger partial charge in [0.05, 0.1) is 5.56 Å². The molecule has 19 heavy (non-hydrogen) atoms. The van der Waals surface area contributed by atoms with Gasteiger partial charge in [0, 0.05) is 0 Å². The van der Waals surface area contributed by atoms with Crippen LogP contribution >= 0.6 is 0 Å². The number of rotatable bonds is 4. The maximum absolute atomic E-state index is 13.6. The normalized spacial score (nSPS) is 10.2. The Morgan fingerprint density at radius 2 is 1.74 bits per heavy atom. The van der Waals surface area contributed by atoms with Gasteiger partial charge in [-0.15, -0.1) is 0 Å². The highest BCUT2D eigenvalue weighted by atomic mass is 19.2. The molecule has 0 saturated heterocycles. The zero-order valence-corrected chi connectivity index (χ0v) is 9.90. The van der Waals surface area contributed by atoms with Crippen LogP contribution < -0.4 is 10.5 Å². The molecule has 0 atom stereocenters. The zero-order chi connectivity index (χ0) is 13.8. The van der Waals surface area contributed by atoms with Crippen LogP contribution in [-0.4, -0.2) is 5.91 Å². The van der Waals surface area contributed by atoms with Crippen molar-refractivity contribution in [2.45, 2.75) is 6.61 Å². The summed E-state index contributed by atoms with van der Waals surface area (Å²) in [5.74, 6) is -3.79. The fourth-order valence-corrected chi connectivity index (χ4v) is 1.57. The van der Waals surface area contributed by atoms with Crippen molar-refractivity contribution < 1.29 is 18.3 Å². The lowest BCUT2D eigenvalue weighted by Gasteiger charge is -2.09. The second-order valence-corrected chi connectivity index (χ2v) is 3.88. The van der Waals surface area contributed by atoms with Crippen LogP contribution in [0.2, 0.25) is 0 Å². The van der Waals surface area contributed by atoms with Crippen LogP contribution in [0, 0.1) is 11.6 Å². The van der Waals surface area contributed by atoms with Crippen molar-refractivity contribution in [2.24, 2.45) is 5.73 Å². The summed E-state index contributed by atoms with van der Waals surface area (Å²) < 4.78 is 32.3. The first-order valence-corrected chi connectivity index (χ1v) is 5.54. The number of hydrogen-bond acceptors (Lipinski definition) is 2. The highest BCUT2D eigenvalue weighted by molar-refractivity contribution is 5.93. The van der Waals surface area contributed by atoms with E-state index in [1.165, 1.54) is 6.07 Å². The molecule has 0 saturated carbocycles. The Balaban J connectivity index is 2.18. The quantitative estimate of drug-likeness (QED) is 0.921. The molecule has 0 aromatic heterocycles. The second-order valence-electron chi connectivity index (χ2n) is 3.88. The number of carbonyl (C=O) groups excluding carboxylic acids is 1. The van der Waals surface area contributed by atoms with Crippen molar-refractivity contribution >= 4 is 5.91 Å². The smallest absolute Gasteiger partial charge is 0.251 e. The number of ether oxygens (including phenoxy) is 1. The summed E-state index contributed by atoms with van der Waals surface area (Å²) in [5.41, 5.74) is 5.24. The number of hydrogen-bond donors (Lipinski definition) is 1. The van der Waals surface area contributed by atoms with Crippen molar-refractivity contribution in [3.8, 4) is 5.75 Å². The Labute approximate surface area is 108 Å². The third-order valence-electron chi connectivity index (χ3n) is 2.55. The maximum Gasteiger partial charge on any atom is 0.251 e. The van der Waals surface area contributed by atoms with Gasteiger partial charge in [0.25, 0.3) is 5.91 Å². The van der Waals surface area contributed by atoms with Crippen LogP contribution in [0.15, 0.2) is 42.5 Å². The fourth-order valence-electron chi connectivity index (χ4n) is 1.57. The number of halogens is 2. The van der Waals surface area contributed by atoms with E-state index in [0.29, 0.717) is 0 Å². The number of benzene rings is 2. The molecular formula is C14H11F2NO2. The zero-order valence-electron chi connectivity index (χ0n) is 9.90. The molecule has 0 fully saturated rings. The number of carbonyl (C=O) groups is 1. The molecule has 0 unspecified atom stereocenters. The van der Waals surface area contributed by atoms with Gasteiger partial charge in [-0.1, -0.05) is 30.3 Å². The van der Waals surface area contributed by atoms with Crippen molar-refractivity contribution in [3.05, 3.63) is 65.2 Å². The summed E-state index contributed by atoms with van der Waals surface area (Å²) in [6.45, 7) is 0.104.